The zero-order valence-corrected chi connectivity index (χ0v) is 18.2. The van der Waals surface area contributed by atoms with Gasteiger partial charge in [-0.25, -0.2) is 9.18 Å². The average molecular weight is 498 g/mol. The number of nitrogens with two attached hydrogens (primary N) is 1. The van der Waals surface area contributed by atoms with Gasteiger partial charge in [-0.05, 0) is 56.7 Å². The summed E-state index contributed by atoms with van der Waals surface area (Å²) in [5.74, 6) is -4.22. The van der Waals surface area contributed by atoms with Gasteiger partial charge in [0.2, 0.25) is 0 Å². The van der Waals surface area contributed by atoms with Crippen LogP contribution in [0.4, 0.5) is 30.7 Å². The highest BCUT2D eigenvalue weighted by molar-refractivity contribution is 5.56. The second-order valence-corrected chi connectivity index (χ2v) is 9.44. The first-order chi connectivity index (χ1) is 15.7. The maximum absolute atomic E-state index is 15.2. The van der Waals surface area contributed by atoms with Crippen LogP contribution in [0.3, 0.4) is 0 Å². The molecule has 190 valence electrons. The van der Waals surface area contributed by atoms with Gasteiger partial charge in [0.25, 0.3) is 5.56 Å². The Balaban J connectivity index is 1.61. The molecule has 1 saturated heterocycles. The second kappa shape index (κ2) is 8.51. The first-order valence-corrected chi connectivity index (χ1v) is 11.0. The van der Waals surface area contributed by atoms with E-state index < -0.39 is 60.1 Å². The molecule has 2 heterocycles. The molecule has 1 aromatic heterocycles. The summed E-state index contributed by atoms with van der Waals surface area (Å²) in [6, 6.07) is -2.40. The van der Waals surface area contributed by atoms with E-state index >= 15 is 4.39 Å². The van der Waals surface area contributed by atoms with Crippen molar-refractivity contribution in [3.8, 4) is 0 Å². The smallest absolute Gasteiger partial charge is 0.327 e. The SMILES string of the molecule is CC1=c2c(c(=O)[nH]c(=O)n2C2CC2)=CC(F)C1N1CCC(C(N)CC(C(F)(F)F)C(F)(F)F)C1. The van der Waals surface area contributed by atoms with E-state index in [1.807, 2.05) is 0 Å². The quantitative estimate of drug-likeness (QED) is 0.600. The number of halogens is 7. The molecule has 0 spiro atoms. The van der Waals surface area contributed by atoms with Crippen LogP contribution in [0, 0.1) is 11.8 Å². The van der Waals surface area contributed by atoms with Crippen LogP contribution in [0.1, 0.15) is 38.6 Å². The number of aromatic nitrogens is 2. The number of likely N-dealkylation sites (tertiary alicyclic amines) is 1. The van der Waals surface area contributed by atoms with E-state index in [1.54, 1.807) is 11.8 Å². The lowest BCUT2D eigenvalue weighted by molar-refractivity contribution is -0.287. The minimum Gasteiger partial charge on any atom is -0.327 e. The van der Waals surface area contributed by atoms with Gasteiger partial charge in [-0.3, -0.25) is 19.2 Å². The number of H-pyrrole nitrogens is 1. The van der Waals surface area contributed by atoms with Gasteiger partial charge in [0, 0.05) is 18.6 Å². The first-order valence-electron chi connectivity index (χ1n) is 11.0. The van der Waals surface area contributed by atoms with Crippen LogP contribution in [-0.2, 0) is 0 Å². The Morgan fingerprint density at radius 1 is 1.12 bits per heavy atom. The molecule has 0 amide bonds. The summed E-state index contributed by atoms with van der Waals surface area (Å²) in [5.41, 5.74) is 4.93. The van der Waals surface area contributed by atoms with Crippen molar-refractivity contribution in [1.29, 1.82) is 0 Å². The second-order valence-electron chi connectivity index (χ2n) is 9.44. The van der Waals surface area contributed by atoms with Crippen molar-refractivity contribution in [3.05, 3.63) is 31.4 Å². The minimum absolute atomic E-state index is 0.00600. The van der Waals surface area contributed by atoms with E-state index in [4.69, 9.17) is 5.73 Å². The highest BCUT2D eigenvalue weighted by Crippen LogP contribution is 2.43. The topological polar surface area (TPSA) is 84.1 Å². The van der Waals surface area contributed by atoms with Gasteiger partial charge >= 0.3 is 18.0 Å². The Bertz CT molecular complexity index is 1170. The van der Waals surface area contributed by atoms with Gasteiger partial charge in [-0.2, -0.15) is 26.3 Å². The molecule has 2 fully saturated rings. The molecule has 1 aromatic rings. The number of hydrogen-bond donors (Lipinski definition) is 2. The molecule has 4 atom stereocenters. The molecular weight excluding hydrogens is 473 g/mol. The van der Waals surface area contributed by atoms with E-state index in [0.717, 1.165) is 18.9 Å². The van der Waals surface area contributed by atoms with E-state index in [1.165, 1.54) is 4.57 Å². The van der Waals surface area contributed by atoms with Crippen LogP contribution in [0.2, 0.25) is 0 Å². The molecular formula is C21H25F7N4O2. The Morgan fingerprint density at radius 2 is 1.74 bits per heavy atom. The largest absolute Gasteiger partial charge is 0.400 e. The fraction of sp³-hybridized carbons (Fsp3) is 0.714. The summed E-state index contributed by atoms with van der Waals surface area (Å²) in [5, 5.41) is 0.385. The third kappa shape index (κ3) is 4.56. The molecule has 13 heteroatoms. The van der Waals surface area contributed by atoms with Gasteiger partial charge in [-0.1, -0.05) is 0 Å². The van der Waals surface area contributed by atoms with E-state index in [-0.39, 0.29) is 30.8 Å². The summed E-state index contributed by atoms with van der Waals surface area (Å²) in [7, 11) is 0. The Kier molecular flexibility index (Phi) is 6.24. The fourth-order valence-electron chi connectivity index (χ4n) is 5.24. The summed E-state index contributed by atoms with van der Waals surface area (Å²) in [4.78, 5) is 28.6. The van der Waals surface area contributed by atoms with Gasteiger partial charge in [0.1, 0.15) is 6.17 Å². The van der Waals surface area contributed by atoms with Gasteiger partial charge < -0.3 is 5.73 Å². The molecule has 2 aliphatic carbocycles. The number of hydrogen-bond acceptors (Lipinski definition) is 4. The van der Waals surface area contributed by atoms with Crippen molar-refractivity contribution >= 4 is 11.6 Å². The van der Waals surface area contributed by atoms with Crippen LogP contribution >= 0.6 is 0 Å². The summed E-state index contributed by atoms with van der Waals surface area (Å²) < 4.78 is 94.4. The van der Waals surface area contributed by atoms with Gasteiger partial charge in [0.05, 0.1) is 16.6 Å². The maximum Gasteiger partial charge on any atom is 0.400 e. The number of alkyl halides is 7. The monoisotopic (exact) mass is 498 g/mol. The third-order valence-corrected chi connectivity index (χ3v) is 7.09. The molecule has 6 nitrogen and oxygen atoms in total. The molecule has 4 unspecified atom stereocenters. The molecule has 1 saturated carbocycles. The lowest BCUT2D eigenvalue weighted by atomic mass is 9.89. The minimum atomic E-state index is -5.47. The highest BCUT2D eigenvalue weighted by atomic mass is 19.4. The van der Waals surface area contributed by atoms with Crippen molar-refractivity contribution in [2.24, 2.45) is 17.6 Å². The molecule has 34 heavy (non-hydrogen) atoms. The van der Waals surface area contributed by atoms with Crippen molar-refractivity contribution in [1.82, 2.24) is 14.5 Å². The van der Waals surface area contributed by atoms with Crippen molar-refractivity contribution in [3.63, 3.8) is 0 Å². The first kappa shape index (κ1) is 25.0. The predicted molar refractivity (Wildman–Crippen MR) is 109 cm³/mol. The molecule has 3 N–H and O–H groups in total. The van der Waals surface area contributed by atoms with Crippen LogP contribution in [-0.4, -0.2) is 58.1 Å². The van der Waals surface area contributed by atoms with Crippen LogP contribution in [0.15, 0.2) is 9.59 Å². The third-order valence-electron chi connectivity index (χ3n) is 7.09. The number of nitrogens with one attached hydrogen (secondary N) is 1. The van der Waals surface area contributed by atoms with E-state index in [0.29, 0.717) is 10.9 Å². The normalized spacial score (nSPS) is 27.1. The Labute approximate surface area is 188 Å². The maximum atomic E-state index is 15.2. The number of aromatic amines is 1. The molecule has 0 radical (unpaired) electrons. The van der Waals surface area contributed by atoms with Crippen LogP contribution in [0.25, 0.3) is 11.6 Å². The van der Waals surface area contributed by atoms with Crippen LogP contribution < -0.4 is 27.6 Å². The number of rotatable bonds is 5. The number of nitrogens with zero attached hydrogens (tertiary/aromatic N) is 2. The predicted octanol–water partition coefficient (Wildman–Crippen LogP) is 1.32. The number of fused-ring (bicyclic) bond motifs is 1. The standard InChI is InChI=1S/C21H25F7N4O2/c1-9-16-12(18(33)30-19(34)32(16)11-2-3-11)6-13(22)17(9)31-5-4-10(8-31)14(29)7-15(20(23,24)25)21(26,27)28/h6,10-11,13-15,17H,2-5,7-8,29H2,1H3,(H,30,33,34). The van der Waals surface area contributed by atoms with Crippen molar-refractivity contribution < 1.29 is 30.7 Å². The van der Waals surface area contributed by atoms with Gasteiger partial charge in [-0.15, -0.1) is 0 Å². The molecule has 3 aliphatic rings. The van der Waals surface area contributed by atoms with Crippen LogP contribution in [0.5, 0.6) is 0 Å². The highest BCUT2D eigenvalue weighted by Gasteiger charge is 2.57. The molecule has 0 bridgehead atoms. The van der Waals surface area contributed by atoms with Crippen molar-refractivity contribution in [2.75, 3.05) is 13.1 Å². The fourth-order valence-corrected chi connectivity index (χ4v) is 5.24. The molecule has 1 aliphatic heterocycles. The van der Waals surface area contributed by atoms with Crippen molar-refractivity contribution in [2.45, 2.75) is 69.3 Å². The average Bonchev–Trinajstić information content (AvgIpc) is 3.41. The lowest BCUT2D eigenvalue weighted by Gasteiger charge is -2.33. The molecule has 4 rings (SSSR count). The van der Waals surface area contributed by atoms with E-state index in [9.17, 15) is 35.9 Å². The zero-order valence-electron chi connectivity index (χ0n) is 18.2. The zero-order chi connectivity index (χ0) is 25.2. The van der Waals surface area contributed by atoms with Gasteiger partial charge in [0.15, 0.2) is 5.92 Å². The summed E-state index contributed by atoms with van der Waals surface area (Å²) in [6.45, 7) is 1.81. The van der Waals surface area contributed by atoms with E-state index in [2.05, 4.69) is 4.98 Å². The lowest BCUT2D eigenvalue weighted by Crippen LogP contribution is -2.60. The summed E-state index contributed by atoms with van der Waals surface area (Å²) in [6.07, 6.45) is -11.1. The Morgan fingerprint density at radius 3 is 2.29 bits per heavy atom. The molecule has 0 aromatic carbocycles. The summed E-state index contributed by atoms with van der Waals surface area (Å²) >= 11 is 0. The Hall–Kier alpha value is -2.15.